The molecule has 5 heterocycles. The van der Waals surface area contributed by atoms with Gasteiger partial charge >= 0.3 is 18.5 Å². The maximum atomic E-state index is 13.5. The quantitative estimate of drug-likeness (QED) is 0.0216. The van der Waals surface area contributed by atoms with Gasteiger partial charge < -0.3 is 36.5 Å². The molecule has 6 aromatic carbocycles. The van der Waals surface area contributed by atoms with Crippen molar-refractivity contribution in [3.63, 3.8) is 0 Å². The molecular weight excluding hydrogens is 2050 g/mol. The van der Waals surface area contributed by atoms with E-state index < -0.39 is 113 Å². The second-order valence-electron chi connectivity index (χ2n) is 35.5. The number of thiophene rings is 4. The van der Waals surface area contributed by atoms with Gasteiger partial charge in [-0.2, -0.15) is 39.5 Å². The molecule has 6 N–H and O–H groups in total. The predicted molar refractivity (Wildman–Crippen MR) is 547 cm³/mol. The number of rotatable bonds is 29. The molecule has 1 aliphatic heterocycles. The number of alkyl halides is 14. The summed E-state index contributed by atoms with van der Waals surface area (Å²) in [7, 11) is 0. The number of hydrogen-bond donors (Lipinski definition) is 5. The Kier molecular flexibility index (Phi) is 42.0. The highest BCUT2D eigenvalue weighted by atomic mass is 35.5. The van der Waals surface area contributed by atoms with E-state index in [1.54, 1.807) is 58.1 Å². The molecule has 22 nitrogen and oxygen atoms in total. The lowest BCUT2D eigenvalue weighted by Gasteiger charge is -2.36. The molecule has 10 aromatic rings. The van der Waals surface area contributed by atoms with Gasteiger partial charge in [-0.25, -0.2) is 0 Å². The van der Waals surface area contributed by atoms with Crippen LogP contribution in [0.15, 0.2) is 215 Å². The molecule has 4 aliphatic carbocycles. The summed E-state index contributed by atoms with van der Waals surface area (Å²) in [6, 6.07) is 41.5. The van der Waals surface area contributed by atoms with Crippen LogP contribution in [0.5, 0.6) is 11.5 Å². The summed E-state index contributed by atoms with van der Waals surface area (Å²) < 4.78 is 129. The van der Waals surface area contributed by atoms with Gasteiger partial charge in [-0.05, 0) is 200 Å². The van der Waals surface area contributed by atoms with Gasteiger partial charge in [0.15, 0.2) is 17.5 Å². The molecule has 143 heavy (non-hydrogen) atoms. The van der Waals surface area contributed by atoms with E-state index in [0.29, 0.717) is 39.0 Å². The SMILES string of the molecule is CC(C)(C)CC(C(=O)NC1CCCCC1)N(C(=O)CCl)c1cccc(C(F)(F)F)c1.NC(=O)C(c1cccs1)N(C(=O)CCl)c1cccc(C(F)(F)F)c1.O=C(NC1=CCCCC1)C(c1cccs1)N(C(=O)CCl)c1cccc(C(F)(F)F)c1.O=C(NC1CCCCC1)C(c1cccs1)N(C(=O)CCl)c1ccc2c(c1)OCO2.O=C(NC1CCCCC1)C(c1cccs1)N(C(=O)CCl)c1cccc2ccccc12. The van der Waals surface area contributed by atoms with E-state index in [2.05, 4.69) is 21.3 Å². The van der Waals surface area contributed by atoms with Crippen LogP contribution in [0, 0.1) is 5.41 Å². The zero-order valence-corrected chi connectivity index (χ0v) is 85.4. The summed E-state index contributed by atoms with van der Waals surface area (Å²) in [6.07, 6.45) is 7.71. The van der Waals surface area contributed by atoms with Crippen LogP contribution in [0.3, 0.4) is 0 Å². The number of carbonyl (C=O) groups is 10. The van der Waals surface area contributed by atoms with Crippen molar-refractivity contribution in [1.82, 2.24) is 21.3 Å². The molecular formula is C103H110Cl5F9N10O12S4. The fourth-order valence-corrected chi connectivity index (χ4v) is 21.4. The number of nitrogens with zero attached hydrogens (tertiary/aromatic N) is 5. The zero-order valence-electron chi connectivity index (χ0n) is 78.3. The Morgan fingerprint density at radius 2 is 0.748 bits per heavy atom. The molecule has 3 fully saturated rings. The highest BCUT2D eigenvalue weighted by Gasteiger charge is 2.44. The number of nitrogens with two attached hydrogens (primary N) is 1. The number of primary amides is 1. The third-order valence-electron chi connectivity index (χ3n) is 24.1. The van der Waals surface area contributed by atoms with Crippen molar-refractivity contribution in [2.45, 2.75) is 216 Å². The number of nitrogens with one attached hydrogen (secondary N) is 4. The maximum Gasteiger partial charge on any atom is 0.416 e. The molecule has 10 amide bonds. The minimum Gasteiger partial charge on any atom is -0.454 e. The highest BCUT2D eigenvalue weighted by Crippen LogP contribution is 2.45. The number of benzene rings is 6. The van der Waals surface area contributed by atoms with Gasteiger partial charge in [0.05, 0.1) is 22.4 Å². The van der Waals surface area contributed by atoms with E-state index in [1.807, 2.05) is 104 Å². The van der Waals surface area contributed by atoms with E-state index in [0.717, 1.165) is 197 Å². The second kappa shape index (κ2) is 53.4. The zero-order chi connectivity index (χ0) is 103. The molecule has 4 aromatic heterocycles. The van der Waals surface area contributed by atoms with Gasteiger partial charge in [-0.15, -0.1) is 103 Å². The number of allylic oxidation sites excluding steroid dienone is 2. The Balaban J connectivity index is 0.000000171. The van der Waals surface area contributed by atoms with Gasteiger partial charge in [0.25, 0.3) is 5.91 Å². The monoisotopic (exact) mass is 2150 g/mol. The van der Waals surface area contributed by atoms with Crippen molar-refractivity contribution in [3.05, 3.63) is 251 Å². The summed E-state index contributed by atoms with van der Waals surface area (Å²) >= 11 is 34.4. The third-order valence-corrected chi connectivity index (χ3v) is 28.9. The second-order valence-corrected chi connectivity index (χ2v) is 40.8. The van der Waals surface area contributed by atoms with Crippen molar-refractivity contribution in [3.8, 4) is 11.5 Å². The van der Waals surface area contributed by atoms with E-state index in [1.165, 1.54) is 82.1 Å². The van der Waals surface area contributed by atoms with Gasteiger partial charge in [0.1, 0.15) is 53.6 Å². The van der Waals surface area contributed by atoms with Crippen LogP contribution in [0.25, 0.3) is 10.8 Å². The van der Waals surface area contributed by atoms with Crippen LogP contribution >= 0.6 is 103 Å². The fraction of sp³-hybridized carbons (Fsp3) is 0.398. The lowest BCUT2D eigenvalue weighted by molar-refractivity contribution is -0.138. The van der Waals surface area contributed by atoms with Crippen LogP contribution in [-0.2, 0) is 66.5 Å². The van der Waals surface area contributed by atoms with Crippen LogP contribution in [0.2, 0.25) is 0 Å². The van der Waals surface area contributed by atoms with E-state index in [9.17, 15) is 87.5 Å². The highest BCUT2D eigenvalue weighted by molar-refractivity contribution is 7.11. The topological polar surface area (TPSA) is 279 Å². The summed E-state index contributed by atoms with van der Waals surface area (Å²) in [6.45, 7) is 5.90. The largest absolute Gasteiger partial charge is 0.454 e. The van der Waals surface area contributed by atoms with Crippen molar-refractivity contribution in [2.24, 2.45) is 11.1 Å². The van der Waals surface area contributed by atoms with Crippen molar-refractivity contribution < 1.29 is 96.9 Å². The number of amides is 10. The first-order valence-corrected chi connectivity index (χ1v) is 52.7. The van der Waals surface area contributed by atoms with Gasteiger partial charge in [-0.1, -0.05) is 163 Å². The van der Waals surface area contributed by atoms with Crippen molar-refractivity contribution in [2.75, 3.05) is 60.7 Å². The molecule has 0 spiro atoms. The van der Waals surface area contributed by atoms with Crippen LogP contribution in [0.1, 0.15) is 210 Å². The lowest BCUT2D eigenvalue weighted by atomic mass is 9.86. The van der Waals surface area contributed by atoms with Crippen LogP contribution in [0.4, 0.5) is 68.0 Å². The fourth-order valence-electron chi connectivity index (χ4n) is 17.5. The van der Waals surface area contributed by atoms with Gasteiger partial charge in [-0.3, -0.25) is 72.4 Å². The first-order chi connectivity index (χ1) is 68.3. The molecule has 0 radical (unpaired) electrons. The molecule has 0 saturated heterocycles. The van der Waals surface area contributed by atoms with Gasteiger partial charge in [0.2, 0.25) is 60.0 Å². The van der Waals surface area contributed by atoms with Crippen molar-refractivity contribution in [1.29, 1.82) is 0 Å². The Labute approximate surface area is 864 Å². The predicted octanol–water partition coefficient (Wildman–Crippen LogP) is 24.7. The normalized spacial score (nSPS) is 15.6. The number of hydrogen-bond acceptors (Lipinski definition) is 16. The molecule has 3 saturated carbocycles. The molecule has 0 bridgehead atoms. The molecule has 5 aliphatic rings. The molecule has 766 valence electrons. The summed E-state index contributed by atoms with van der Waals surface area (Å²) in [5.74, 6) is -5.35. The first-order valence-electron chi connectivity index (χ1n) is 46.5. The van der Waals surface area contributed by atoms with E-state index in [4.69, 9.17) is 73.2 Å². The first kappa shape index (κ1) is 113. The lowest BCUT2D eigenvalue weighted by Crippen LogP contribution is -2.54. The number of halogens is 14. The molecule has 40 heteroatoms. The standard InChI is InChI=1S/C24H25ClN2O2S.C22H30ClF3N2O2.C21H20ClF3N2O2S.C21H23ClN2O4S.C15H12ClF3N2O2S/c25-16-22(28)27(20-13-6-9-17-8-4-5-12-19(17)20)23(21-14-7-15-30-21)24(29)26-18-10-2-1-3-11-18;1-21(2,3)13-18(20(30)27-16-9-5-4-6-10-16)28(19(29)14-23)17-11-7-8-15(12-17)22(24,25)26;22-13-18(28)27(16-9-4-6-14(12-16)21(23,24)25)19(17-10-5-11-30-17)20(29)26-15-7-2-1-3-8-15;22-12-19(25)24(15-8-9-16-17(11-15)28-13-27-16)20(18-7-4-10-29-18)21(26)23-14-5-2-1-3-6-14;16-8-12(22)21(13(14(20)23)11-5-2-6-24-11)10-4-1-3-9(7-10)15(17,18)19/h4-9,12-15,18,23H,1-3,10-11,16H2,(H,26,29);7-8,11-12,16,18H,4-6,9-10,13-14H2,1-3H3,(H,27,30);4-7,9-12,19H,1-3,8,13H2,(H,26,29);4,7-11,14,20H,1-3,5-6,12-13H2,(H,23,26);1-7,13H,8H2,(H2,20,23). The van der Waals surface area contributed by atoms with E-state index in [-0.39, 0.29) is 95.1 Å². The molecule has 15 rings (SSSR count). The summed E-state index contributed by atoms with van der Waals surface area (Å²) in [5, 5.41) is 21.4. The minimum atomic E-state index is -4.59. The third kappa shape index (κ3) is 31.4. The Bertz CT molecular complexity index is 5940. The summed E-state index contributed by atoms with van der Waals surface area (Å²) in [4.78, 5) is 138. The number of anilines is 5. The average Bonchev–Trinajstić information content (AvgIpc) is 1.27. The molecule has 5 atom stereocenters. The Hall–Kier alpha value is -10.8. The molecule has 5 unspecified atom stereocenters. The van der Waals surface area contributed by atoms with Gasteiger partial charge in [0, 0.05) is 77.5 Å². The smallest absolute Gasteiger partial charge is 0.416 e. The van der Waals surface area contributed by atoms with E-state index >= 15 is 0 Å². The van der Waals surface area contributed by atoms with Crippen LogP contribution < -0.4 is 61.0 Å². The minimum absolute atomic E-state index is 0.0168. The van der Waals surface area contributed by atoms with Crippen molar-refractivity contribution >= 4 is 202 Å². The maximum absolute atomic E-state index is 13.5. The van der Waals surface area contributed by atoms with Crippen LogP contribution in [-0.4, -0.2) is 119 Å². The average molecular weight is 2160 g/mol. The Morgan fingerprint density at radius 1 is 0.385 bits per heavy atom. The number of ether oxygens (including phenoxy) is 2. The Morgan fingerprint density at radius 3 is 1.15 bits per heavy atom. The number of fused-ring (bicyclic) bond motifs is 2. The number of carbonyl (C=O) groups excluding carboxylic acids is 10. The summed E-state index contributed by atoms with van der Waals surface area (Å²) in [5.41, 5.74) is 4.20.